The minimum Gasteiger partial charge on any atom is -0.481 e. The Labute approximate surface area is 294 Å². The van der Waals surface area contributed by atoms with E-state index in [0.717, 1.165) is 38.5 Å². The van der Waals surface area contributed by atoms with Gasteiger partial charge in [0.25, 0.3) is 0 Å². The minimum absolute atomic E-state index is 0.103. The molecule has 0 radical (unpaired) electrons. The van der Waals surface area contributed by atoms with Gasteiger partial charge in [0.2, 0.25) is 0 Å². The summed E-state index contributed by atoms with van der Waals surface area (Å²) in [5.41, 5.74) is 0. The van der Waals surface area contributed by atoms with Crippen molar-refractivity contribution in [2.24, 2.45) is 5.92 Å². The summed E-state index contributed by atoms with van der Waals surface area (Å²) in [6.45, 7) is 7.92. The van der Waals surface area contributed by atoms with Crippen molar-refractivity contribution < 1.29 is 37.7 Å². The zero-order chi connectivity index (χ0) is 35.0. The summed E-state index contributed by atoms with van der Waals surface area (Å²) in [7, 11) is 0. The quantitative estimate of drug-likeness (QED) is 0.0374. The fourth-order valence-electron chi connectivity index (χ4n) is 5.73. The number of aliphatic carboxylic acids is 1. The van der Waals surface area contributed by atoms with Crippen molar-refractivity contribution in [1.82, 2.24) is 0 Å². The molecule has 0 heterocycles. The van der Waals surface area contributed by atoms with Crippen molar-refractivity contribution in [3.63, 3.8) is 0 Å². The molecule has 0 aliphatic carbocycles. The Morgan fingerprint density at radius 3 is 1.81 bits per heavy atom. The summed E-state index contributed by atoms with van der Waals surface area (Å²) in [5.74, 6) is -0.331. The standard InChI is InChI=1S/C37H72FO7PS/c1-5-9-11-12-13-14-15-16-17-18-19-23-33(24-22-26-34(38)25-10-6-2)28-30-43-32-36(31-42-29-21-20-27-37(39)40)45-46(41,47)44-35(7-3)8-4/h33-36H,3,5-32H2,1-2,4H3,(H-,39,40,41,47)/p+1. The maximum absolute atomic E-state index is 14.3. The van der Waals surface area contributed by atoms with Crippen LogP contribution in [0.1, 0.15) is 175 Å². The van der Waals surface area contributed by atoms with Crippen molar-refractivity contribution >= 4 is 24.5 Å². The third-order valence-corrected chi connectivity index (χ3v) is 10.4. The van der Waals surface area contributed by atoms with Crippen LogP contribution in [0.5, 0.6) is 0 Å². The molecule has 10 heteroatoms. The third-order valence-electron chi connectivity index (χ3n) is 8.77. The van der Waals surface area contributed by atoms with Gasteiger partial charge >= 0.3 is 12.7 Å². The Bertz CT molecular complexity index is 743. The number of alkyl halides is 1. The van der Waals surface area contributed by atoms with Crippen LogP contribution < -0.4 is 0 Å². The first kappa shape index (κ1) is 46.7. The number of hydrogen-bond acceptors (Lipinski definition) is 6. The van der Waals surface area contributed by atoms with Crippen molar-refractivity contribution in [2.45, 2.75) is 193 Å². The molecule has 0 aliphatic heterocycles. The maximum Gasteiger partial charge on any atom is 0.325 e. The molecule has 0 saturated heterocycles. The molecule has 0 saturated carbocycles. The zero-order valence-electron chi connectivity index (χ0n) is 30.5. The number of halogens is 1. The summed E-state index contributed by atoms with van der Waals surface area (Å²) in [6.07, 6.45) is 22.6. The second-order valence-corrected chi connectivity index (χ2v) is 16.0. The van der Waals surface area contributed by atoms with Crippen LogP contribution >= 0.6 is 6.72 Å². The lowest BCUT2D eigenvalue weighted by Gasteiger charge is -2.26. The first-order chi connectivity index (χ1) is 22.7. The van der Waals surface area contributed by atoms with Gasteiger partial charge < -0.3 is 28.5 Å². The molecule has 0 rings (SSSR count). The normalized spacial score (nSPS) is 15.7. The van der Waals surface area contributed by atoms with Gasteiger partial charge in [0.1, 0.15) is 24.8 Å². The second-order valence-electron chi connectivity index (χ2n) is 13.3. The fraction of sp³-hybridized carbons (Fsp3) is 0.946. The Morgan fingerprint density at radius 1 is 0.702 bits per heavy atom. The molecule has 0 aromatic rings. The Balaban J connectivity index is 4.82. The minimum atomic E-state index is -3.53. The lowest BCUT2D eigenvalue weighted by Crippen LogP contribution is -2.26. The van der Waals surface area contributed by atoms with Crippen molar-refractivity contribution in [3.8, 4) is 0 Å². The number of hydrogen-bond donors (Lipinski definition) is 2. The molecule has 0 spiro atoms. The van der Waals surface area contributed by atoms with E-state index in [4.69, 9.17) is 35.4 Å². The van der Waals surface area contributed by atoms with Crippen LogP contribution in [0.2, 0.25) is 0 Å². The molecule has 0 aliphatic rings. The van der Waals surface area contributed by atoms with Gasteiger partial charge in [-0.2, -0.15) is 0 Å². The lowest BCUT2D eigenvalue weighted by molar-refractivity contribution is -0.137. The second kappa shape index (κ2) is 32.9. The van der Waals surface area contributed by atoms with Gasteiger partial charge in [-0.25, -0.2) is 4.39 Å². The molecule has 5 atom stereocenters. The van der Waals surface area contributed by atoms with E-state index in [0.29, 0.717) is 57.7 Å². The van der Waals surface area contributed by atoms with Gasteiger partial charge in [-0.1, -0.05) is 124 Å². The summed E-state index contributed by atoms with van der Waals surface area (Å²) in [6, 6.07) is 0. The molecule has 280 valence electrons. The van der Waals surface area contributed by atoms with Gasteiger partial charge in [-0.15, -0.1) is 0 Å². The van der Waals surface area contributed by atoms with Crippen LogP contribution in [0.15, 0.2) is 0 Å². The molecule has 0 amide bonds. The smallest absolute Gasteiger partial charge is 0.325 e. The summed E-state index contributed by atoms with van der Waals surface area (Å²) in [5, 5.41) is 8.84. The van der Waals surface area contributed by atoms with Gasteiger partial charge in [-0.05, 0) is 56.2 Å². The first-order valence-corrected chi connectivity index (χ1v) is 21.8. The SMILES string of the molecule is [CH2+]CC(CC)OP(O)(=S)OC(COCCCCC(=O)O)COCCC(CCCCCCCCCCCCC)CCCC(F)CCCC. The van der Waals surface area contributed by atoms with Crippen molar-refractivity contribution in [3.05, 3.63) is 6.92 Å². The highest BCUT2D eigenvalue weighted by Crippen LogP contribution is 2.47. The average molecular weight is 712 g/mol. The van der Waals surface area contributed by atoms with Crippen LogP contribution in [0.4, 0.5) is 4.39 Å². The molecule has 5 unspecified atom stereocenters. The predicted molar refractivity (Wildman–Crippen MR) is 197 cm³/mol. The average Bonchev–Trinajstić information content (AvgIpc) is 3.04. The van der Waals surface area contributed by atoms with Crippen molar-refractivity contribution in [2.75, 3.05) is 26.4 Å². The van der Waals surface area contributed by atoms with E-state index in [1.165, 1.54) is 70.6 Å². The van der Waals surface area contributed by atoms with E-state index < -0.39 is 25.0 Å². The number of carboxylic acid groups (broad SMARTS) is 1. The highest BCUT2D eigenvalue weighted by atomic mass is 32.5. The molecule has 47 heavy (non-hydrogen) atoms. The van der Waals surface area contributed by atoms with E-state index in [1.807, 2.05) is 6.92 Å². The maximum atomic E-state index is 14.3. The molecule has 0 aromatic heterocycles. The number of carbonyl (C=O) groups is 1. The number of unbranched alkanes of at least 4 members (excludes halogenated alkanes) is 12. The predicted octanol–water partition coefficient (Wildman–Crippen LogP) is 11.3. The summed E-state index contributed by atoms with van der Waals surface area (Å²) >= 11 is 5.29. The zero-order valence-corrected chi connectivity index (χ0v) is 32.2. The van der Waals surface area contributed by atoms with E-state index in [9.17, 15) is 14.1 Å². The Morgan fingerprint density at radius 2 is 1.23 bits per heavy atom. The van der Waals surface area contributed by atoms with E-state index in [1.54, 1.807) is 0 Å². The topological polar surface area (TPSA) is 94.5 Å². The van der Waals surface area contributed by atoms with E-state index in [-0.39, 0.29) is 25.7 Å². The van der Waals surface area contributed by atoms with Gasteiger partial charge in [0.15, 0.2) is 0 Å². The fourth-order valence-corrected chi connectivity index (χ4v) is 7.64. The van der Waals surface area contributed by atoms with Crippen LogP contribution in [0, 0.1) is 12.8 Å². The highest BCUT2D eigenvalue weighted by molar-refractivity contribution is 8.07. The molecular formula is C37H73FO7PS+. The van der Waals surface area contributed by atoms with E-state index >= 15 is 0 Å². The van der Waals surface area contributed by atoms with Crippen LogP contribution in [0.3, 0.4) is 0 Å². The van der Waals surface area contributed by atoms with Crippen LogP contribution in [0.25, 0.3) is 0 Å². The lowest BCUT2D eigenvalue weighted by atomic mass is 9.91. The van der Waals surface area contributed by atoms with E-state index in [2.05, 4.69) is 20.8 Å². The molecule has 0 aromatic carbocycles. The highest BCUT2D eigenvalue weighted by Gasteiger charge is 2.26. The third kappa shape index (κ3) is 31.4. The Kier molecular flexibility index (Phi) is 32.7. The van der Waals surface area contributed by atoms with Crippen LogP contribution in [-0.2, 0) is 35.1 Å². The molecular weight excluding hydrogens is 638 g/mol. The largest absolute Gasteiger partial charge is 0.481 e. The van der Waals surface area contributed by atoms with Gasteiger partial charge in [0, 0.05) is 19.6 Å². The molecule has 0 bridgehead atoms. The van der Waals surface area contributed by atoms with Gasteiger partial charge in [0.05, 0.1) is 20.1 Å². The van der Waals surface area contributed by atoms with Gasteiger partial charge in [-0.3, -0.25) is 4.79 Å². The summed E-state index contributed by atoms with van der Waals surface area (Å²) in [4.78, 5) is 21.5. The summed E-state index contributed by atoms with van der Waals surface area (Å²) < 4.78 is 37.6. The molecule has 2 N–H and O–H groups in total. The first-order valence-electron chi connectivity index (χ1n) is 19.2. The molecule has 0 fully saturated rings. The van der Waals surface area contributed by atoms with Crippen LogP contribution in [-0.4, -0.2) is 60.8 Å². The number of ether oxygens (including phenoxy) is 2. The van der Waals surface area contributed by atoms with Crippen molar-refractivity contribution in [1.29, 1.82) is 0 Å². The monoisotopic (exact) mass is 711 g/mol. The number of rotatable bonds is 37. The molecule has 7 nitrogen and oxygen atoms in total. The Hall–Kier alpha value is -0.280. The number of carboxylic acids is 1.